The van der Waals surface area contributed by atoms with Crippen molar-refractivity contribution < 1.29 is 42.9 Å². The molecule has 0 amide bonds. The first-order valence-corrected chi connectivity index (χ1v) is 45.8. The molecule has 0 aromatic rings. The molecule has 0 saturated heterocycles. The minimum Gasteiger partial charge on any atom is -0.545 e. The number of carbonyl (C=O) groups excluding carboxylic acids is 3. The Kier molecular flexibility index (Phi) is 82.6. The smallest absolute Gasteiger partial charge is 0.306 e. The number of unbranched alkanes of at least 4 members (excludes halogenated alkanes) is 64. The van der Waals surface area contributed by atoms with E-state index < -0.39 is 24.3 Å². The molecule has 606 valence electrons. The van der Waals surface area contributed by atoms with Gasteiger partial charge < -0.3 is 33.3 Å². The monoisotopic (exact) mass is 1450 g/mol. The van der Waals surface area contributed by atoms with Crippen LogP contribution in [0.4, 0.5) is 0 Å². The van der Waals surface area contributed by atoms with Crippen molar-refractivity contribution in [3.8, 4) is 0 Å². The van der Waals surface area contributed by atoms with Crippen LogP contribution in [0.25, 0.3) is 0 Å². The average molecular weight is 1450 g/mol. The fourth-order valence-corrected chi connectivity index (χ4v) is 14.1. The topological polar surface area (TPSA) is 111 Å². The molecule has 0 saturated carbocycles. The molecule has 0 radical (unpaired) electrons. The molecule has 9 nitrogen and oxygen atoms in total. The number of allylic oxidation sites excluding steroid dienone is 8. The van der Waals surface area contributed by atoms with Gasteiger partial charge in [-0.3, -0.25) is 9.59 Å². The predicted octanol–water partition coefficient (Wildman–Crippen LogP) is 28.6. The molecule has 9 heteroatoms. The molecule has 0 aliphatic rings. The highest BCUT2D eigenvalue weighted by Gasteiger charge is 2.22. The van der Waals surface area contributed by atoms with Crippen LogP contribution < -0.4 is 5.11 Å². The van der Waals surface area contributed by atoms with Crippen LogP contribution in [0.2, 0.25) is 0 Å². The second-order valence-corrected chi connectivity index (χ2v) is 32.6. The Labute approximate surface area is 642 Å². The van der Waals surface area contributed by atoms with Crippen LogP contribution in [-0.4, -0.2) is 82.3 Å². The summed E-state index contributed by atoms with van der Waals surface area (Å²) >= 11 is 0. The molecule has 0 aromatic heterocycles. The molecule has 103 heavy (non-hydrogen) atoms. The van der Waals surface area contributed by atoms with Gasteiger partial charge in [-0.1, -0.05) is 435 Å². The van der Waals surface area contributed by atoms with Gasteiger partial charge in [-0.2, -0.15) is 0 Å². The standard InChI is InChI=1S/C94H177NO8/c1-6-8-10-12-14-16-18-20-22-24-26-28-30-32-34-36-38-40-42-44-45-46-47-49-50-52-54-56-58-60-62-64-66-68-70-72-74-76-78-80-82-84-91(96)101-88-90(89-102-94(93(98)99)100-87-86-95(3,4)5)103-92(97)85-83-81-79-77-75-73-71-69-67-65-63-61-59-57-55-53-51-48-43-41-39-37-35-33-31-29-27-25-23-21-19-17-15-13-11-9-7-2/h19,21,24-27,31,33,90,94H,6-18,20,22-23,28-30,32,34-89H2,1-5H3/b21-19-,26-24-,27-25-,33-31-. The number of ether oxygens (including phenoxy) is 4. The molecule has 0 aromatic carbocycles. The van der Waals surface area contributed by atoms with E-state index in [0.717, 1.165) is 51.4 Å². The second-order valence-electron chi connectivity index (χ2n) is 32.6. The highest BCUT2D eigenvalue weighted by atomic mass is 16.7. The van der Waals surface area contributed by atoms with Crippen LogP contribution in [0.15, 0.2) is 48.6 Å². The van der Waals surface area contributed by atoms with E-state index in [1.165, 1.54) is 398 Å². The van der Waals surface area contributed by atoms with Gasteiger partial charge in [-0.25, -0.2) is 0 Å². The Morgan fingerprint density at radius 3 is 0.786 bits per heavy atom. The van der Waals surface area contributed by atoms with Crippen molar-refractivity contribution in [2.75, 3.05) is 47.5 Å². The van der Waals surface area contributed by atoms with Crippen LogP contribution >= 0.6 is 0 Å². The number of carbonyl (C=O) groups is 3. The summed E-state index contributed by atoms with van der Waals surface area (Å²) in [4.78, 5) is 37.7. The number of carboxylic acids is 1. The molecule has 0 aliphatic heterocycles. The lowest BCUT2D eigenvalue weighted by atomic mass is 10.0. The van der Waals surface area contributed by atoms with Gasteiger partial charge in [-0.05, 0) is 77.0 Å². The van der Waals surface area contributed by atoms with Crippen molar-refractivity contribution >= 4 is 17.9 Å². The molecule has 0 rings (SSSR count). The third kappa shape index (κ3) is 86.4. The Hall–Kier alpha value is -2.75. The van der Waals surface area contributed by atoms with Gasteiger partial charge in [0.15, 0.2) is 12.4 Å². The molecule has 2 unspecified atom stereocenters. The number of hydrogen-bond donors (Lipinski definition) is 0. The van der Waals surface area contributed by atoms with Gasteiger partial charge in [0.1, 0.15) is 13.2 Å². The SMILES string of the molecule is CCCCCCC/C=C\C/C=C\C/C=C\CCCCCCCCCCCCCCCCCCCCCCCCC(=O)OC(COC(=O)CCCCCCCCCCCCCCCCCCCCCCCCCCCCCCC/C=C\CCCCCCCCCC)COC(OCC[N+](C)(C)C)C(=O)[O-]. The highest BCUT2D eigenvalue weighted by Crippen LogP contribution is 2.21. The molecule has 0 bridgehead atoms. The van der Waals surface area contributed by atoms with Crippen LogP contribution in [0.1, 0.15) is 476 Å². The highest BCUT2D eigenvalue weighted by molar-refractivity contribution is 5.70. The molecule has 0 N–H and O–H groups in total. The Morgan fingerprint density at radius 1 is 0.291 bits per heavy atom. The van der Waals surface area contributed by atoms with Gasteiger partial charge in [0.2, 0.25) is 0 Å². The summed E-state index contributed by atoms with van der Waals surface area (Å²) < 4.78 is 22.9. The zero-order valence-electron chi connectivity index (χ0n) is 69.7. The number of hydrogen-bond acceptors (Lipinski definition) is 8. The Balaban J connectivity index is 3.88. The molecule has 2 atom stereocenters. The summed E-state index contributed by atoms with van der Waals surface area (Å²) in [5.74, 6) is -2.24. The third-order valence-electron chi connectivity index (χ3n) is 21.0. The van der Waals surface area contributed by atoms with Crippen LogP contribution in [0.5, 0.6) is 0 Å². The van der Waals surface area contributed by atoms with Crippen molar-refractivity contribution in [1.29, 1.82) is 0 Å². The minimum atomic E-state index is -1.62. The Bertz CT molecular complexity index is 1840. The fraction of sp³-hybridized carbons (Fsp3) is 0.883. The lowest BCUT2D eigenvalue weighted by Gasteiger charge is -2.26. The van der Waals surface area contributed by atoms with Gasteiger partial charge in [0.05, 0.1) is 40.3 Å². The summed E-state index contributed by atoms with van der Waals surface area (Å²) in [6, 6.07) is 0. The molecular formula is C94H177NO8. The largest absolute Gasteiger partial charge is 0.545 e. The maximum atomic E-state index is 13.0. The van der Waals surface area contributed by atoms with Crippen molar-refractivity contribution in [3.63, 3.8) is 0 Å². The summed E-state index contributed by atoms with van der Waals surface area (Å²) in [5.41, 5.74) is 0. The zero-order valence-corrected chi connectivity index (χ0v) is 69.7. The van der Waals surface area contributed by atoms with E-state index in [1.54, 1.807) is 0 Å². The number of rotatable bonds is 87. The van der Waals surface area contributed by atoms with E-state index in [0.29, 0.717) is 17.4 Å². The number of nitrogens with zero attached hydrogens (tertiary/aromatic N) is 1. The predicted molar refractivity (Wildman–Crippen MR) is 445 cm³/mol. The average Bonchev–Trinajstić information content (AvgIpc) is 1.16. The van der Waals surface area contributed by atoms with Gasteiger partial charge in [0.25, 0.3) is 0 Å². The van der Waals surface area contributed by atoms with E-state index >= 15 is 0 Å². The van der Waals surface area contributed by atoms with E-state index in [9.17, 15) is 19.5 Å². The van der Waals surface area contributed by atoms with Gasteiger partial charge in [-0.15, -0.1) is 0 Å². The van der Waals surface area contributed by atoms with E-state index in [-0.39, 0.29) is 32.2 Å². The number of likely N-dealkylation sites (N-methyl/N-ethyl adjacent to an activating group) is 1. The first kappa shape index (κ1) is 100. The van der Waals surface area contributed by atoms with Crippen LogP contribution in [0.3, 0.4) is 0 Å². The summed E-state index contributed by atoms with van der Waals surface area (Å²) in [6.45, 7) is 4.82. The van der Waals surface area contributed by atoms with Crippen molar-refractivity contribution in [3.05, 3.63) is 48.6 Å². The quantitative estimate of drug-likeness (QED) is 0.0195. The molecule has 0 heterocycles. The first-order valence-electron chi connectivity index (χ1n) is 45.8. The van der Waals surface area contributed by atoms with Gasteiger partial charge in [0, 0.05) is 12.8 Å². The molecule has 0 aliphatic carbocycles. The molecular weight excluding hydrogens is 1270 g/mol. The maximum Gasteiger partial charge on any atom is 0.306 e. The maximum absolute atomic E-state index is 13.0. The van der Waals surface area contributed by atoms with E-state index in [2.05, 4.69) is 62.5 Å². The van der Waals surface area contributed by atoms with Crippen LogP contribution in [0, 0.1) is 0 Å². The summed E-state index contributed by atoms with van der Waals surface area (Å²) in [5, 5.41) is 11.9. The zero-order chi connectivity index (χ0) is 74.6. The molecule has 0 fully saturated rings. The van der Waals surface area contributed by atoms with Crippen LogP contribution in [-0.2, 0) is 33.3 Å². The third-order valence-corrected chi connectivity index (χ3v) is 21.0. The second kappa shape index (κ2) is 84.9. The number of esters is 2. The number of quaternary nitrogens is 1. The molecule has 0 spiro atoms. The summed E-state index contributed by atoms with van der Waals surface area (Å²) in [6.07, 6.45) is 110. The van der Waals surface area contributed by atoms with Crippen molar-refractivity contribution in [2.45, 2.75) is 489 Å². The normalized spacial score (nSPS) is 12.7. The van der Waals surface area contributed by atoms with Crippen molar-refractivity contribution in [1.82, 2.24) is 0 Å². The number of carboxylic acid groups (broad SMARTS) is 1. The summed E-state index contributed by atoms with van der Waals surface area (Å²) in [7, 11) is 5.96. The fourth-order valence-electron chi connectivity index (χ4n) is 14.1. The van der Waals surface area contributed by atoms with E-state index in [1.807, 2.05) is 21.1 Å². The lowest BCUT2D eigenvalue weighted by molar-refractivity contribution is -0.870. The first-order chi connectivity index (χ1) is 50.6. The number of aliphatic carboxylic acids is 1. The van der Waals surface area contributed by atoms with Crippen molar-refractivity contribution in [2.24, 2.45) is 0 Å². The minimum absolute atomic E-state index is 0.151. The lowest BCUT2D eigenvalue weighted by Crippen LogP contribution is -2.44. The van der Waals surface area contributed by atoms with Gasteiger partial charge >= 0.3 is 11.9 Å². The van der Waals surface area contributed by atoms with E-state index in [4.69, 9.17) is 18.9 Å². The Morgan fingerprint density at radius 2 is 0.524 bits per heavy atom.